The van der Waals surface area contributed by atoms with E-state index >= 15 is 0 Å². The van der Waals surface area contributed by atoms with Crippen molar-refractivity contribution in [2.45, 2.75) is 6.04 Å². The molecule has 4 N–H and O–H groups in total. The summed E-state index contributed by atoms with van der Waals surface area (Å²) in [6, 6.07) is 5.04. The van der Waals surface area contributed by atoms with Crippen LogP contribution in [0.1, 0.15) is 0 Å². The quantitative estimate of drug-likeness (QED) is 0.743. The van der Waals surface area contributed by atoms with Gasteiger partial charge in [-0.3, -0.25) is 4.79 Å². The van der Waals surface area contributed by atoms with Crippen LogP contribution in [0.5, 0.6) is 0 Å². The molecule has 0 saturated carbocycles. The summed E-state index contributed by atoms with van der Waals surface area (Å²) >= 11 is 0. The summed E-state index contributed by atoms with van der Waals surface area (Å²) < 4.78 is 10.9. The molecule has 0 bridgehead atoms. The SMILES string of the molecule is NC(=O)C1COCCN1c1nc2ccc(N)cc2o1. The van der Waals surface area contributed by atoms with Gasteiger partial charge < -0.3 is 25.5 Å². The van der Waals surface area contributed by atoms with E-state index in [2.05, 4.69) is 4.98 Å². The predicted molar refractivity (Wildman–Crippen MR) is 69.6 cm³/mol. The lowest BCUT2D eigenvalue weighted by Gasteiger charge is -2.31. The number of nitrogens with two attached hydrogens (primary N) is 2. The minimum absolute atomic E-state index is 0.246. The molecule has 1 saturated heterocycles. The van der Waals surface area contributed by atoms with Crippen molar-refractivity contribution in [1.82, 2.24) is 4.98 Å². The fraction of sp³-hybridized carbons (Fsp3) is 0.333. The zero-order chi connectivity index (χ0) is 13.4. The first-order valence-electron chi connectivity index (χ1n) is 5.95. The van der Waals surface area contributed by atoms with Crippen LogP contribution in [0.3, 0.4) is 0 Å². The number of anilines is 2. The van der Waals surface area contributed by atoms with Gasteiger partial charge in [0.25, 0.3) is 6.01 Å². The minimum atomic E-state index is -0.556. The average Bonchev–Trinajstić information content (AvgIpc) is 2.81. The molecule has 1 unspecified atom stereocenters. The van der Waals surface area contributed by atoms with Crippen LogP contribution in [0, 0.1) is 0 Å². The van der Waals surface area contributed by atoms with Gasteiger partial charge >= 0.3 is 0 Å². The van der Waals surface area contributed by atoms with Crippen molar-refractivity contribution < 1.29 is 13.9 Å². The third-order valence-electron chi connectivity index (χ3n) is 3.10. The Morgan fingerprint density at radius 2 is 2.32 bits per heavy atom. The number of oxazole rings is 1. The Bertz CT molecular complexity index is 624. The number of hydrogen-bond donors (Lipinski definition) is 2. The Kier molecular flexibility index (Phi) is 2.75. The molecule has 1 amide bonds. The van der Waals surface area contributed by atoms with Crippen LogP contribution in [0.15, 0.2) is 22.6 Å². The van der Waals surface area contributed by atoms with E-state index in [0.29, 0.717) is 36.0 Å². The molecule has 0 aliphatic carbocycles. The number of amides is 1. The van der Waals surface area contributed by atoms with Crippen LogP contribution in [-0.4, -0.2) is 36.7 Å². The number of carbonyl (C=O) groups is 1. The molecule has 0 radical (unpaired) electrons. The van der Waals surface area contributed by atoms with Gasteiger partial charge in [0.1, 0.15) is 11.6 Å². The van der Waals surface area contributed by atoms with Gasteiger partial charge in [0, 0.05) is 18.3 Å². The number of fused-ring (bicyclic) bond motifs is 1. The summed E-state index contributed by atoms with van der Waals surface area (Å²) in [5, 5.41) is 0. The Balaban J connectivity index is 1.99. The number of primary amides is 1. The number of nitrogens with zero attached hydrogens (tertiary/aromatic N) is 2. The molecule has 1 atom stereocenters. The first-order chi connectivity index (χ1) is 9.15. The highest BCUT2D eigenvalue weighted by Gasteiger charge is 2.31. The maximum absolute atomic E-state index is 11.4. The second-order valence-electron chi connectivity index (χ2n) is 4.41. The van der Waals surface area contributed by atoms with E-state index in [1.165, 1.54) is 0 Å². The lowest BCUT2D eigenvalue weighted by Crippen LogP contribution is -2.52. The Morgan fingerprint density at radius 3 is 3.11 bits per heavy atom. The van der Waals surface area contributed by atoms with Crippen molar-refractivity contribution in [1.29, 1.82) is 0 Å². The standard InChI is InChI=1S/C12H14N4O3/c13-7-1-2-8-10(5-7)19-12(15-8)16-3-4-18-6-9(16)11(14)17/h1-2,5,9H,3-4,6,13H2,(H2,14,17). The van der Waals surface area contributed by atoms with Crippen LogP contribution >= 0.6 is 0 Å². The van der Waals surface area contributed by atoms with E-state index in [1.807, 2.05) is 0 Å². The molecule has 2 heterocycles. The number of rotatable bonds is 2. The molecule has 19 heavy (non-hydrogen) atoms. The van der Waals surface area contributed by atoms with Gasteiger partial charge in [0.05, 0.1) is 13.2 Å². The van der Waals surface area contributed by atoms with Gasteiger partial charge in [-0.15, -0.1) is 0 Å². The number of hydrogen-bond acceptors (Lipinski definition) is 6. The largest absolute Gasteiger partial charge is 0.423 e. The number of nitrogen functional groups attached to an aromatic ring is 1. The molecule has 7 heteroatoms. The molecule has 100 valence electrons. The van der Waals surface area contributed by atoms with Gasteiger partial charge in [-0.2, -0.15) is 4.98 Å². The first-order valence-corrected chi connectivity index (χ1v) is 5.95. The van der Waals surface area contributed by atoms with Crippen LogP contribution in [0.4, 0.5) is 11.7 Å². The number of ether oxygens (including phenoxy) is 1. The molecular weight excluding hydrogens is 248 g/mol. The monoisotopic (exact) mass is 262 g/mol. The van der Waals surface area contributed by atoms with Gasteiger partial charge in [0.15, 0.2) is 5.58 Å². The van der Waals surface area contributed by atoms with Crippen LogP contribution in [-0.2, 0) is 9.53 Å². The van der Waals surface area contributed by atoms with Crippen molar-refractivity contribution in [3.8, 4) is 0 Å². The highest BCUT2D eigenvalue weighted by Crippen LogP contribution is 2.25. The summed E-state index contributed by atoms with van der Waals surface area (Å²) in [4.78, 5) is 17.5. The van der Waals surface area contributed by atoms with Crippen molar-refractivity contribution in [2.24, 2.45) is 5.73 Å². The lowest BCUT2D eigenvalue weighted by atomic mass is 10.2. The van der Waals surface area contributed by atoms with Crippen LogP contribution < -0.4 is 16.4 Å². The fourth-order valence-electron chi connectivity index (χ4n) is 2.12. The van der Waals surface area contributed by atoms with Crippen molar-refractivity contribution in [3.05, 3.63) is 18.2 Å². The second kappa shape index (κ2) is 4.43. The topological polar surface area (TPSA) is 108 Å². The molecule has 7 nitrogen and oxygen atoms in total. The first kappa shape index (κ1) is 11.8. The van der Waals surface area contributed by atoms with Gasteiger partial charge in [0.2, 0.25) is 5.91 Å². The number of carbonyl (C=O) groups excluding carboxylic acids is 1. The summed E-state index contributed by atoms with van der Waals surface area (Å²) in [6.45, 7) is 1.26. The summed E-state index contributed by atoms with van der Waals surface area (Å²) in [5.41, 5.74) is 12.9. The Morgan fingerprint density at radius 1 is 1.47 bits per heavy atom. The molecule has 1 fully saturated rings. The molecule has 1 aromatic carbocycles. The third-order valence-corrected chi connectivity index (χ3v) is 3.10. The van der Waals surface area contributed by atoms with Crippen LogP contribution in [0.25, 0.3) is 11.1 Å². The van der Waals surface area contributed by atoms with Gasteiger partial charge in [-0.05, 0) is 12.1 Å². The number of morpholine rings is 1. The number of benzene rings is 1. The van der Waals surface area contributed by atoms with Crippen molar-refractivity contribution in [2.75, 3.05) is 30.4 Å². The fourth-order valence-corrected chi connectivity index (χ4v) is 2.12. The van der Waals surface area contributed by atoms with E-state index in [-0.39, 0.29) is 6.61 Å². The third kappa shape index (κ3) is 2.08. The highest BCUT2D eigenvalue weighted by atomic mass is 16.5. The van der Waals surface area contributed by atoms with E-state index in [9.17, 15) is 4.79 Å². The molecule has 1 aliphatic rings. The zero-order valence-corrected chi connectivity index (χ0v) is 10.2. The average molecular weight is 262 g/mol. The van der Waals surface area contributed by atoms with Crippen molar-refractivity contribution in [3.63, 3.8) is 0 Å². The maximum Gasteiger partial charge on any atom is 0.299 e. The van der Waals surface area contributed by atoms with E-state index < -0.39 is 11.9 Å². The predicted octanol–water partition coefficient (Wildman–Crippen LogP) is 0.101. The summed E-state index contributed by atoms with van der Waals surface area (Å²) in [7, 11) is 0. The van der Waals surface area contributed by atoms with Crippen molar-refractivity contribution >= 4 is 28.7 Å². The lowest BCUT2D eigenvalue weighted by molar-refractivity contribution is -0.121. The second-order valence-corrected chi connectivity index (χ2v) is 4.41. The van der Waals surface area contributed by atoms with Gasteiger partial charge in [-0.25, -0.2) is 0 Å². The minimum Gasteiger partial charge on any atom is -0.423 e. The van der Waals surface area contributed by atoms with Crippen LogP contribution in [0.2, 0.25) is 0 Å². The van der Waals surface area contributed by atoms with Gasteiger partial charge in [-0.1, -0.05) is 0 Å². The molecule has 1 aliphatic heterocycles. The maximum atomic E-state index is 11.4. The molecule has 3 rings (SSSR count). The molecule has 2 aromatic rings. The van der Waals surface area contributed by atoms with E-state index in [1.54, 1.807) is 23.1 Å². The molecule has 0 spiro atoms. The van der Waals surface area contributed by atoms with E-state index in [4.69, 9.17) is 20.6 Å². The Labute approximate surface area is 109 Å². The normalized spacial score (nSPS) is 19.8. The summed E-state index contributed by atoms with van der Waals surface area (Å²) in [6.07, 6.45) is 0. The van der Waals surface area contributed by atoms with E-state index in [0.717, 1.165) is 0 Å². The summed E-state index contributed by atoms with van der Waals surface area (Å²) in [5.74, 6) is -0.457. The smallest absolute Gasteiger partial charge is 0.299 e. The molecule has 1 aromatic heterocycles. The Hall–Kier alpha value is -2.28. The zero-order valence-electron chi connectivity index (χ0n) is 10.2. The molecular formula is C12H14N4O3. The number of aromatic nitrogens is 1. The highest BCUT2D eigenvalue weighted by molar-refractivity contribution is 5.84.